The third-order valence-electron chi connectivity index (χ3n) is 3.56. The molecule has 0 radical (unpaired) electrons. The lowest BCUT2D eigenvalue weighted by atomic mass is 9.81. The molecule has 1 aromatic rings. The van der Waals surface area contributed by atoms with Crippen LogP contribution in [-0.2, 0) is 4.74 Å². The van der Waals surface area contributed by atoms with Gasteiger partial charge in [0, 0.05) is 11.3 Å². The maximum Gasteiger partial charge on any atom is 0.0898 e. The molecule has 4 heteroatoms. The van der Waals surface area contributed by atoms with Gasteiger partial charge in [-0.2, -0.15) is 0 Å². The Kier molecular flexibility index (Phi) is 3.09. The molecule has 2 N–H and O–H groups in total. The number of aromatic nitrogens is 1. The Balaban J connectivity index is 2.23. The van der Waals surface area contributed by atoms with Crippen LogP contribution < -0.4 is 5.73 Å². The second-order valence-corrected chi connectivity index (χ2v) is 7.16. The van der Waals surface area contributed by atoms with Gasteiger partial charge in [-0.25, -0.2) is 4.98 Å². The lowest BCUT2D eigenvalue weighted by molar-refractivity contribution is -0.0768. The molecule has 17 heavy (non-hydrogen) atoms. The molecule has 0 aliphatic carbocycles. The molecule has 1 saturated heterocycles. The predicted molar refractivity (Wildman–Crippen MR) is 71.1 cm³/mol. The van der Waals surface area contributed by atoms with Crippen molar-refractivity contribution in [1.82, 2.24) is 4.98 Å². The minimum atomic E-state index is -0.180. The number of rotatable bonds is 2. The average Bonchev–Trinajstić information content (AvgIpc) is 2.66. The molecule has 2 unspecified atom stereocenters. The van der Waals surface area contributed by atoms with Gasteiger partial charge in [-0.1, -0.05) is 0 Å². The molecule has 0 spiro atoms. The summed E-state index contributed by atoms with van der Waals surface area (Å²) in [6, 6.07) is -0.0308. The van der Waals surface area contributed by atoms with Crippen LogP contribution in [0.4, 0.5) is 0 Å². The Labute approximate surface area is 107 Å². The molecule has 0 saturated carbocycles. The summed E-state index contributed by atoms with van der Waals surface area (Å²) in [6.07, 6.45) is 0.984. The predicted octanol–water partition coefficient (Wildman–Crippen LogP) is 3.05. The van der Waals surface area contributed by atoms with Crippen molar-refractivity contribution >= 4 is 11.3 Å². The summed E-state index contributed by atoms with van der Waals surface area (Å²) in [6.45, 7) is 10.5. The van der Waals surface area contributed by atoms with Crippen LogP contribution in [0.5, 0.6) is 0 Å². The van der Waals surface area contributed by atoms with Crippen LogP contribution in [0.2, 0.25) is 0 Å². The minimum Gasteiger partial charge on any atom is -0.369 e. The van der Waals surface area contributed by atoms with E-state index in [1.807, 2.05) is 6.92 Å². The van der Waals surface area contributed by atoms with E-state index in [0.717, 1.165) is 17.1 Å². The first-order chi connectivity index (χ1) is 7.71. The summed E-state index contributed by atoms with van der Waals surface area (Å²) in [5.41, 5.74) is 7.11. The lowest BCUT2D eigenvalue weighted by Crippen LogP contribution is -2.36. The van der Waals surface area contributed by atoms with Crippen molar-refractivity contribution in [3.8, 4) is 0 Å². The number of hydrogen-bond acceptors (Lipinski definition) is 4. The van der Waals surface area contributed by atoms with E-state index in [9.17, 15) is 0 Å². The highest BCUT2D eigenvalue weighted by Gasteiger charge is 2.48. The maximum atomic E-state index is 6.37. The topological polar surface area (TPSA) is 48.1 Å². The monoisotopic (exact) mass is 254 g/mol. The van der Waals surface area contributed by atoms with E-state index < -0.39 is 0 Å². The Morgan fingerprint density at radius 1 is 1.47 bits per heavy atom. The zero-order valence-electron chi connectivity index (χ0n) is 11.3. The lowest BCUT2D eigenvalue weighted by Gasteiger charge is -2.30. The van der Waals surface area contributed by atoms with Gasteiger partial charge < -0.3 is 10.5 Å². The van der Waals surface area contributed by atoms with Gasteiger partial charge in [-0.15, -0.1) is 11.3 Å². The Bertz CT molecular complexity index is 411. The zero-order chi connectivity index (χ0) is 12.8. The normalized spacial score (nSPS) is 28.2. The third-order valence-corrected chi connectivity index (χ3v) is 4.35. The maximum absolute atomic E-state index is 6.37. The van der Waals surface area contributed by atoms with Crippen molar-refractivity contribution in [2.24, 2.45) is 11.7 Å². The summed E-state index contributed by atoms with van der Waals surface area (Å²) >= 11 is 1.66. The van der Waals surface area contributed by atoms with Crippen molar-refractivity contribution in [2.75, 3.05) is 0 Å². The van der Waals surface area contributed by atoms with Gasteiger partial charge in [0.15, 0.2) is 0 Å². The van der Waals surface area contributed by atoms with Crippen LogP contribution in [0.1, 0.15) is 50.9 Å². The van der Waals surface area contributed by atoms with E-state index in [0.29, 0.717) is 5.92 Å². The molecule has 2 atom stereocenters. The molecular formula is C13H22N2OS. The molecule has 1 aliphatic heterocycles. The van der Waals surface area contributed by atoms with Gasteiger partial charge in [0.05, 0.1) is 27.9 Å². The van der Waals surface area contributed by atoms with Gasteiger partial charge >= 0.3 is 0 Å². The molecule has 1 aromatic heterocycles. The van der Waals surface area contributed by atoms with Gasteiger partial charge in [-0.3, -0.25) is 0 Å². The Morgan fingerprint density at radius 2 is 2.12 bits per heavy atom. The van der Waals surface area contributed by atoms with Crippen LogP contribution in [0.25, 0.3) is 0 Å². The largest absolute Gasteiger partial charge is 0.369 e. The number of aryl methyl sites for hydroxylation is 1. The third kappa shape index (κ3) is 2.54. The molecule has 3 nitrogen and oxygen atoms in total. The average molecular weight is 254 g/mol. The van der Waals surface area contributed by atoms with E-state index in [1.54, 1.807) is 11.3 Å². The van der Waals surface area contributed by atoms with E-state index in [-0.39, 0.29) is 17.2 Å². The van der Waals surface area contributed by atoms with Crippen LogP contribution in [-0.4, -0.2) is 16.2 Å². The standard InChI is InChI=1S/C13H22N2OS/c1-8-15-10(7-17-8)11(14)9-6-12(2,3)16-13(9,4)5/h7,9,11H,6,14H2,1-5H3. The molecule has 1 fully saturated rings. The molecular weight excluding hydrogens is 232 g/mol. The highest BCUT2D eigenvalue weighted by atomic mass is 32.1. The first kappa shape index (κ1) is 13.0. The van der Waals surface area contributed by atoms with Crippen molar-refractivity contribution in [3.63, 3.8) is 0 Å². The minimum absolute atomic E-state index is 0.0308. The first-order valence-electron chi connectivity index (χ1n) is 6.09. The molecule has 0 amide bonds. The number of thiazole rings is 1. The zero-order valence-corrected chi connectivity index (χ0v) is 12.1. The molecule has 1 aliphatic rings. The van der Waals surface area contributed by atoms with Crippen molar-refractivity contribution in [3.05, 3.63) is 16.1 Å². The van der Waals surface area contributed by atoms with Crippen molar-refractivity contribution in [1.29, 1.82) is 0 Å². The van der Waals surface area contributed by atoms with Crippen LogP contribution >= 0.6 is 11.3 Å². The Morgan fingerprint density at radius 3 is 2.53 bits per heavy atom. The fourth-order valence-corrected chi connectivity index (χ4v) is 3.56. The van der Waals surface area contributed by atoms with Crippen molar-refractivity contribution in [2.45, 2.75) is 58.3 Å². The smallest absolute Gasteiger partial charge is 0.0898 e. The fourth-order valence-electron chi connectivity index (χ4n) is 2.90. The summed E-state index contributed by atoms with van der Waals surface area (Å²) in [5.74, 6) is 0.319. The summed E-state index contributed by atoms with van der Waals surface area (Å²) in [4.78, 5) is 4.51. The SMILES string of the molecule is Cc1nc(C(N)C2CC(C)(C)OC2(C)C)cs1. The second kappa shape index (κ2) is 4.04. The Hall–Kier alpha value is -0.450. The fraction of sp³-hybridized carbons (Fsp3) is 0.769. The number of hydrogen-bond donors (Lipinski definition) is 1. The van der Waals surface area contributed by atoms with Crippen LogP contribution in [0.3, 0.4) is 0 Å². The van der Waals surface area contributed by atoms with Crippen molar-refractivity contribution < 1.29 is 4.74 Å². The highest BCUT2D eigenvalue weighted by Crippen LogP contribution is 2.46. The number of nitrogens with zero attached hydrogens (tertiary/aromatic N) is 1. The number of ether oxygens (including phenoxy) is 1. The van der Waals surface area contributed by atoms with E-state index in [2.05, 4.69) is 38.1 Å². The molecule has 2 heterocycles. The summed E-state index contributed by atoms with van der Waals surface area (Å²) in [5, 5.41) is 3.15. The van der Waals surface area contributed by atoms with E-state index in [1.165, 1.54) is 0 Å². The highest BCUT2D eigenvalue weighted by molar-refractivity contribution is 7.09. The second-order valence-electron chi connectivity index (χ2n) is 6.09. The van der Waals surface area contributed by atoms with Gasteiger partial charge in [0.2, 0.25) is 0 Å². The van der Waals surface area contributed by atoms with E-state index >= 15 is 0 Å². The summed E-state index contributed by atoms with van der Waals surface area (Å²) in [7, 11) is 0. The van der Waals surface area contributed by atoms with E-state index in [4.69, 9.17) is 10.5 Å². The quantitative estimate of drug-likeness (QED) is 0.882. The summed E-state index contributed by atoms with van der Waals surface area (Å²) < 4.78 is 6.09. The van der Waals surface area contributed by atoms with Gasteiger partial charge in [0.25, 0.3) is 0 Å². The van der Waals surface area contributed by atoms with Gasteiger partial charge in [-0.05, 0) is 41.0 Å². The molecule has 0 aromatic carbocycles. The first-order valence-corrected chi connectivity index (χ1v) is 6.97. The molecule has 2 rings (SSSR count). The molecule has 96 valence electrons. The number of nitrogens with two attached hydrogens (primary N) is 1. The molecule has 0 bridgehead atoms. The van der Waals surface area contributed by atoms with Crippen LogP contribution in [0, 0.1) is 12.8 Å². The van der Waals surface area contributed by atoms with Gasteiger partial charge in [0.1, 0.15) is 0 Å². The van der Waals surface area contributed by atoms with Crippen LogP contribution in [0.15, 0.2) is 5.38 Å².